The van der Waals surface area contributed by atoms with Gasteiger partial charge in [0.25, 0.3) is 0 Å². The highest BCUT2D eigenvalue weighted by atomic mass is 16.4. The van der Waals surface area contributed by atoms with Crippen LogP contribution in [0.4, 0.5) is 0 Å². The van der Waals surface area contributed by atoms with Gasteiger partial charge in [0, 0.05) is 5.41 Å². The van der Waals surface area contributed by atoms with Gasteiger partial charge in [0.1, 0.15) is 0 Å². The lowest BCUT2D eigenvalue weighted by Gasteiger charge is -2.34. The zero-order chi connectivity index (χ0) is 27.4. The minimum absolute atomic E-state index is 0.0348. The molecular formula is C35H44O2. The van der Waals surface area contributed by atoms with Crippen molar-refractivity contribution in [3.63, 3.8) is 0 Å². The van der Waals surface area contributed by atoms with Crippen LogP contribution in [0.3, 0.4) is 0 Å². The second-order valence-corrected chi connectivity index (χ2v) is 11.6. The molecule has 0 atom stereocenters. The smallest absolute Gasteiger partial charge is 0.307 e. The van der Waals surface area contributed by atoms with Crippen LogP contribution in [0.15, 0.2) is 72.8 Å². The first-order valence-electron chi connectivity index (χ1n) is 13.6. The van der Waals surface area contributed by atoms with E-state index in [-0.39, 0.29) is 17.3 Å². The van der Waals surface area contributed by atoms with E-state index in [0.29, 0.717) is 0 Å². The molecule has 3 rings (SSSR count). The summed E-state index contributed by atoms with van der Waals surface area (Å²) in [4.78, 5) is 11.0. The Morgan fingerprint density at radius 2 is 1.41 bits per heavy atom. The summed E-state index contributed by atoms with van der Waals surface area (Å²) in [5.74, 6) is -0.803. The number of hydrogen-bond donors (Lipinski definition) is 1. The second kappa shape index (κ2) is 11.5. The Hall–Kier alpha value is -3.13. The Bertz CT molecular complexity index is 1250. The maximum atomic E-state index is 11.0. The van der Waals surface area contributed by atoms with E-state index in [4.69, 9.17) is 5.11 Å². The molecule has 3 aromatic carbocycles. The number of carbonyl (C=O) groups is 1. The highest BCUT2D eigenvalue weighted by molar-refractivity contribution is 5.72. The highest BCUT2D eigenvalue weighted by Gasteiger charge is 2.31. The molecule has 0 saturated carbocycles. The Morgan fingerprint density at radius 1 is 0.838 bits per heavy atom. The minimum Gasteiger partial charge on any atom is -0.481 e. The van der Waals surface area contributed by atoms with Crippen LogP contribution >= 0.6 is 0 Å². The van der Waals surface area contributed by atoms with Crippen molar-refractivity contribution in [2.45, 2.75) is 86.0 Å². The van der Waals surface area contributed by atoms with Crippen LogP contribution < -0.4 is 0 Å². The molecule has 0 aliphatic rings. The summed E-state index contributed by atoms with van der Waals surface area (Å²) in [5, 5.41) is 9.05. The van der Waals surface area contributed by atoms with Gasteiger partial charge in [-0.25, -0.2) is 0 Å². The van der Waals surface area contributed by atoms with Crippen LogP contribution in [-0.2, 0) is 23.1 Å². The van der Waals surface area contributed by atoms with Gasteiger partial charge in [-0.05, 0) is 89.5 Å². The molecule has 1 N–H and O–H groups in total. The van der Waals surface area contributed by atoms with Gasteiger partial charge in [-0.15, -0.1) is 0 Å². The number of carboxylic acids is 1. The Balaban J connectivity index is 1.91. The summed E-state index contributed by atoms with van der Waals surface area (Å²) in [6.45, 7) is 20.1. The quantitative estimate of drug-likeness (QED) is 0.284. The molecule has 0 unspecified atom stereocenters. The third kappa shape index (κ3) is 6.42. The van der Waals surface area contributed by atoms with Crippen molar-refractivity contribution < 1.29 is 9.90 Å². The van der Waals surface area contributed by atoms with Crippen LogP contribution in [0.1, 0.15) is 87.3 Å². The van der Waals surface area contributed by atoms with E-state index >= 15 is 0 Å². The van der Waals surface area contributed by atoms with Crippen LogP contribution in [-0.4, -0.2) is 11.1 Å². The Kier molecular flexibility index (Phi) is 8.84. The predicted octanol–water partition coefficient (Wildman–Crippen LogP) is 9.24. The molecule has 196 valence electrons. The molecule has 2 heteroatoms. The SMILES string of the molecule is C=C(CCc1ccc(C(CC)(CC)c2ccc(-c3ccc(CC(=O)O)cc3)c(C)c2)cc1C)C(C)(C)C. The minimum atomic E-state index is -0.803. The normalized spacial score (nSPS) is 12.0. The van der Waals surface area contributed by atoms with Gasteiger partial charge < -0.3 is 5.11 Å². The van der Waals surface area contributed by atoms with Crippen molar-refractivity contribution in [1.82, 2.24) is 0 Å². The summed E-state index contributed by atoms with van der Waals surface area (Å²) >= 11 is 0. The van der Waals surface area contributed by atoms with Crippen molar-refractivity contribution in [2.24, 2.45) is 5.41 Å². The molecule has 0 amide bonds. The molecule has 0 aliphatic heterocycles. The lowest BCUT2D eigenvalue weighted by atomic mass is 9.69. The summed E-state index contributed by atoms with van der Waals surface area (Å²) in [5.41, 5.74) is 11.3. The van der Waals surface area contributed by atoms with Crippen molar-refractivity contribution in [3.05, 3.63) is 106 Å². The van der Waals surface area contributed by atoms with E-state index in [2.05, 4.69) is 91.4 Å². The van der Waals surface area contributed by atoms with Crippen molar-refractivity contribution in [3.8, 4) is 11.1 Å². The van der Waals surface area contributed by atoms with Gasteiger partial charge in [0.15, 0.2) is 0 Å². The Morgan fingerprint density at radius 3 is 1.89 bits per heavy atom. The summed E-state index contributed by atoms with van der Waals surface area (Å²) in [7, 11) is 0. The fourth-order valence-electron chi connectivity index (χ4n) is 5.43. The number of rotatable bonds is 10. The summed E-state index contributed by atoms with van der Waals surface area (Å²) in [6.07, 6.45) is 4.18. The molecule has 37 heavy (non-hydrogen) atoms. The first-order chi connectivity index (χ1) is 17.4. The van der Waals surface area contributed by atoms with E-state index < -0.39 is 5.97 Å². The second-order valence-electron chi connectivity index (χ2n) is 11.6. The average molecular weight is 497 g/mol. The molecule has 0 spiro atoms. The van der Waals surface area contributed by atoms with Gasteiger partial charge >= 0.3 is 5.97 Å². The van der Waals surface area contributed by atoms with Crippen LogP contribution in [0, 0.1) is 19.3 Å². The number of carboxylic acid groups (broad SMARTS) is 1. The molecule has 0 saturated heterocycles. The third-order valence-corrected chi connectivity index (χ3v) is 8.26. The molecule has 0 radical (unpaired) electrons. The Labute approximate surface area is 224 Å². The van der Waals surface area contributed by atoms with Crippen LogP contribution in [0.25, 0.3) is 11.1 Å². The lowest BCUT2D eigenvalue weighted by molar-refractivity contribution is -0.136. The van der Waals surface area contributed by atoms with E-state index in [1.165, 1.54) is 39.0 Å². The standard InChI is InChI=1S/C35H44O2/c1-9-35(10-2,30-18-17-28(24(3)21-30)14-11-26(5)34(6,7)8)31-19-20-32(25(4)22-31)29-15-12-27(13-16-29)23-33(36)37/h12-13,15-22H,5,9-11,14,23H2,1-4,6-8H3,(H,36,37). The van der Waals surface area contributed by atoms with Gasteiger partial charge in [0.2, 0.25) is 0 Å². The van der Waals surface area contributed by atoms with Gasteiger partial charge in [-0.2, -0.15) is 0 Å². The predicted molar refractivity (Wildman–Crippen MR) is 157 cm³/mol. The van der Waals surface area contributed by atoms with Gasteiger partial charge in [-0.1, -0.05) is 107 Å². The number of hydrogen-bond acceptors (Lipinski definition) is 1. The molecule has 0 fully saturated rings. The van der Waals surface area contributed by atoms with Crippen molar-refractivity contribution in [2.75, 3.05) is 0 Å². The molecule has 3 aromatic rings. The van der Waals surface area contributed by atoms with E-state index in [1.54, 1.807) is 0 Å². The number of aryl methyl sites for hydroxylation is 3. The lowest BCUT2D eigenvalue weighted by Crippen LogP contribution is -2.26. The molecule has 2 nitrogen and oxygen atoms in total. The van der Waals surface area contributed by atoms with E-state index in [1.807, 2.05) is 24.3 Å². The summed E-state index contributed by atoms with van der Waals surface area (Å²) in [6, 6.07) is 21.9. The van der Waals surface area contributed by atoms with Crippen LogP contribution in [0.5, 0.6) is 0 Å². The van der Waals surface area contributed by atoms with Gasteiger partial charge in [-0.3, -0.25) is 4.79 Å². The largest absolute Gasteiger partial charge is 0.481 e. The summed E-state index contributed by atoms with van der Waals surface area (Å²) < 4.78 is 0. The first-order valence-corrected chi connectivity index (χ1v) is 13.6. The number of aliphatic carboxylic acids is 1. The monoisotopic (exact) mass is 496 g/mol. The first kappa shape index (κ1) is 28.4. The highest BCUT2D eigenvalue weighted by Crippen LogP contribution is 2.41. The maximum absolute atomic E-state index is 11.0. The fourth-order valence-corrected chi connectivity index (χ4v) is 5.43. The molecule has 0 heterocycles. The molecule has 0 aliphatic carbocycles. The topological polar surface area (TPSA) is 37.3 Å². The zero-order valence-corrected chi connectivity index (χ0v) is 23.9. The maximum Gasteiger partial charge on any atom is 0.307 e. The van der Waals surface area contributed by atoms with Crippen molar-refractivity contribution in [1.29, 1.82) is 0 Å². The molecule has 0 bridgehead atoms. The van der Waals surface area contributed by atoms with Crippen LogP contribution in [0.2, 0.25) is 0 Å². The van der Waals surface area contributed by atoms with Crippen molar-refractivity contribution >= 4 is 5.97 Å². The zero-order valence-electron chi connectivity index (χ0n) is 23.9. The van der Waals surface area contributed by atoms with E-state index in [9.17, 15) is 4.79 Å². The average Bonchev–Trinajstić information content (AvgIpc) is 2.84. The fraction of sp³-hybridized carbons (Fsp3) is 0.400. The molecule has 0 aromatic heterocycles. The van der Waals surface area contributed by atoms with Gasteiger partial charge in [0.05, 0.1) is 6.42 Å². The number of benzene rings is 3. The van der Waals surface area contributed by atoms with E-state index in [0.717, 1.165) is 36.8 Å². The number of allylic oxidation sites excluding steroid dienone is 1. The molecular weight excluding hydrogens is 452 g/mol. The third-order valence-electron chi connectivity index (χ3n) is 8.26.